The fourth-order valence-electron chi connectivity index (χ4n) is 1.90. The average Bonchev–Trinajstić information content (AvgIpc) is 2.32. The quantitative estimate of drug-likeness (QED) is 0.906. The van der Waals surface area contributed by atoms with Crippen molar-refractivity contribution in [1.82, 2.24) is 5.32 Å². The van der Waals surface area contributed by atoms with E-state index in [1.165, 1.54) is 26.0 Å². The lowest BCUT2D eigenvalue weighted by Crippen LogP contribution is -2.35. The number of halogens is 2. The molecule has 2 unspecified atom stereocenters. The van der Waals surface area contributed by atoms with E-state index < -0.39 is 32.8 Å². The molecule has 0 aliphatic rings. The molecule has 0 aromatic heterocycles. The summed E-state index contributed by atoms with van der Waals surface area (Å²) in [5.41, 5.74) is 0.242. The molecule has 0 bridgehead atoms. The van der Waals surface area contributed by atoms with Gasteiger partial charge in [0.2, 0.25) is 0 Å². The molecule has 0 fully saturated rings. The molecule has 1 aromatic carbocycles. The van der Waals surface area contributed by atoms with Crippen molar-refractivity contribution in [3.63, 3.8) is 0 Å². The first-order chi connectivity index (χ1) is 8.70. The summed E-state index contributed by atoms with van der Waals surface area (Å²) >= 11 is 0. The highest BCUT2D eigenvalue weighted by molar-refractivity contribution is 7.91. The van der Waals surface area contributed by atoms with E-state index in [0.29, 0.717) is 6.54 Å². The first-order valence-electron chi connectivity index (χ1n) is 6.06. The lowest BCUT2D eigenvalue weighted by molar-refractivity contribution is 0.453. The van der Waals surface area contributed by atoms with Crippen molar-refractivity contribution in [3.05, 3.63) is 34.9 Å². The summed E-state index contributed by atoms with van der Waals surface area (Å²) in [4.78, 5) is 0. The molecule has 0 aliphatic carbocycles. The van der Waals surface area contributed by atoms with Crippen molar-refractivity contribution in [3.8, 4) is 0 Å². The van der Waals surface area contributed by atoms with Crippen LogP contribution in [0.25, 0.3) is 0 Å². The second-order valence-corrected chi connectivity index (χ2v) is 7.07. The van der Waals surface area contributed by atoms with Crippen molar-refractivity contribution >= 4 is 9.84 Å². The average molecular weight is 291 g/mol. The van der Waals surface area contributed by atoms with Crippen LogP contribution in [0.15, 0.2) is 12.1 Å². The van der Waals surface area contributed by atoms with Gasteiger partial charge in [-0.2, -0.15) is 0 Å². The van der Waals surface area contributed by atoms with Crippen molar-refractivity contribution in [2.75, 3.05) is 12.8 Å². The Balaban J connectivity index is 3.32. The number of hydrogen-bond acceptors (Lipinski definition) is 3. The smallest absolute Gasteiger partial charge is 0.163 e. The van der Waals surface area contributed by atoms with E-state index in [4.69, 9.17) is 0 Å². The van der Waals surface area contributed by atoms with Gasteiger partial charge in [0.15, 0.2) is 21.5 Å². The van der Waals surface area contributed by atoms with E-state index in [9.17, 15) is 17.2 Å². The van der Waals surface area contributed by atoms with Crippen LogP contribution in [0.4, 0.5) is 8.78 Å². The first kappa shape index (κ1) is 16.0. The maximum absolute atomic E-state index is 14.0. The summed E-state index contributed by atoms with van der Waals surface area (Å²) in [6.45, 7) is 5.19. The van der Waals surface area contributed by atoms with E-state index in [1.54, 1.807) is 6.92 Å². The minimum absolute atomic E-state index is 0.0443. The van der Waals surface area contributed by atoms with Crippen LogP contribution in [0.3, 0.4) is 0 Å². The fraction of sp³-hybridized carbons (Fsp3) is 0.538. The van der Waals surface area contributed by atoms with Gasteiger partial charge in [0.1, 0.15) is 0 Å². The van der Waals surface area contributed by atoms with Crippen LogP contribution >= 0.6 is 0 Å². The molecule has 1 N–H and O–H groups in total. The topological polar surface area (TPSA) is 46.2 Å². The maximum Gasteiger partial charge on any atom is 0.163 e. The zero-order valence-electron chi connectivity index (χ0n) is 11.5. The third-order valence-corrected chi connectivity index (χ3v) is 4.83. The van der Waals surface area contributed by atoms with Gasteiger partial charge in [0.05, 0.1) is 11.3 Å². The Morgan fingerprint density at radius 2 is 1.84 bits per heavy atom. The van der Waals surface area contributed by atoms with Crippen molar-refractivity contribution in [2.45, 2.75) is 32.1 Å². The van der Waals surface area contributed by atoms with Crippen LogP contribution in [-0.2, 0) is 9.84 Å². The van der Waals surface area contributed by atoms with Gasteiger partial charge >= 0.3 is 0 Å². The van der Waals surface area contributed by atoms with Gasteiger partial charge in [-0.05, 0) is 26.0 Å². The molecule has 3 nitrogen and oxygen atoms in total. The van der Waals surface area contributed by atoms with Crippen LogP contribution in [-0.4, -0.2) is 26.5 Å². The van der Waals surface area contributed by atoms with Gasteiger partial charge < -0.3 is 5.32 Å². The van der Waals surface area contributed by atoms with Crippen molar-refractivity contribution < 1.29 is 17.2 Å². The zero-order valence-corrected chi connectivity index (χ0v) is 12.3. The summed E-state index contributed by atoms with van der Waals surface area (Å²) in [6, 6.07) is 2.12. The summed E-state index contributed by atoms with van der Waals surface area (Å²) < 4.78 is 50.8. The maximum atomic E-state index is 14.0. The highest BCUT2D eigenvalue weighted by Crippen LogP contribution is 2.26. The Kier molecular flexibility index (Phi) is 5.04. The lowest BCUT2D eigenvalue weighted by atomic mass is 10.0. The van der Waals surface area contributed by atoms with Crippen LogP contribution in [0.2, 0.25) is 0 Å². The van der Waals surface area contributed by atoms with Gasteiger partial charge in [-0.3, -0.25) is 0 Å². The summed E-state index contributed by atoms with van der Waals surface area (Å²) in [7, 11) is -3.36. The Bertz CT molecular complexity index is 558. The predicted molar refractivity (Wildman–Crippen MR) is 71.8 cm³/mol. The van der Waals surface area contributed by atoms with Gasteiger partial charge in [0, 0.05) is 11.8 Å². The highest BCUT2D eigenvalue weighted by Gasteiger charge is 2.29. The summed E-state index contributed by atoms with van der Waals surface area (Å²) in [5, 5.41) is 2.06. The normalized spacial score (nSPS) is 15.3. The molecule has 6 heteroatoms. The highest BCUT2D eigenvalue weighted by atomic mass is 32.2. The Labute approximate surface area is 112 Å². The molecule has 0 aliphatic heterocycles. The summed E-state index contributed by atoms with van der Waals surface area (Å²) in [6.07, 6.45) is 1.09. The van der Waals surface area contributed by atoms with E-state index in [0.717, 1.165) is 6.26 Å². The van der Waals surface area contributed by atoms with Crippen molar-refractivity contribution in [1.29, 1.82) is 0 Å². The molecule has 0 amide bonds. The molecule has 1 rings (SSSR count). The lowest BCUT2D eigenvalue weighted by Gasteiger charge is -2.24. The van der Waals surface area contributed by atoms with Crippen LogP contribution < -0.4 is 5.32 Å². The molecule has 0 saturated heterocycles. The Hall–Kier alpha value is -1.01. The van der Waals surface area contributed by atoms with E-state index >= 15 is 0 Å². The second kappa shape index (κ2) is 5.96. The standard InChI is InChI=1S/C13H19F2NO2S/c1-5-16-13(9(3)19(4,17)18)10-7-6-8(2)11(14)12(10)15/h6-7,9,13,16H,5H2,1-4H3. The summed E-state index contributed by atoms with van der Waals surface area (Å²) in [5.74, 6) is -1.91. The Morgan fingerprint density at radius 1 is 1.26 bits per heavy atom. The van der Waals surface area contributed by atoms with Gasteiger partial charge in [-0.1, -0.05) is 19.1 Å². The number of rotatable bonds is 5. The van der Waals surface area contributed by atoms with Gasteiger partial charge in [-0.25, -0.2) is 17.2 Å². The number of sulfone groups is 1. The number of benzene rings is 1. The van der Waals surface area contributed by atoms with Crippen LogP contribution in [0.5, 0.6) is 0 Å². The Morgan fingerprint density at radius 3 is 2.32 bits per heavy atom. The second-order valence-electron chi connectivity index (χ2n) is 4.67. The van der Waals surface area contributed by atoms with E-state index in [2.05, 4.69) is 5.32 Å². The number of nitrogens with one attached hydrogen (secondary N) is 1. The van der Waals surface area contributed by atoms with Crippen LogP contribution in [0, 0.1) is 18.6 Å². The van der Waals surface area contributed by atoms with Gasteiger partial charge in [0.25, 0.3) is 0 Å². The molecule has 19 heavy (non-hydrogen) atoms. The third kappa shape index (κ3) is 3.51. The monoisotopic (exact) mass is 291 g/mol. The molecule has 0 saturated carbocycles. The third-order valence-electron chi connectivity index (χ3n) is 3.21. The molecular formula is C13H19F2NO2S. The van der Waals surface area contributed by atoms with E-state index in [-0.39, 0.29) is 11.1 Å². The van der Waals surface area contributed by atoms with E-state index in [1.807, 2.05) is 0 Å². The van der Waals surface area contributed by atoms with Gasteiger partial charge in [-0.15, -0.1) is 0 Å². The molecule has 0 spiro atoms. The molecule has 0 heterocycles. The largest absolute Gasteiger partial charge is 0.309 e. The number of hydrogen-bond donors (Lipinski definition) is 1. The molecule has 2 atom stereocenters. The molecule has 108 valence electrons. The van der Waals surface area contributed by atoms with Crippen LogP contribution in [0.1, 0.15) is 31.0 Å². The minimum Gasteiger partial charge on any atom is -0.309 e. The number of aryl methyl sites for hydroxylation is 1. The fourth-order valence-corrected chi connectivity index (χ4v) is 2.63. The minimum atomic E-state index is -3.36. The SMILES string of the molecule is CCNC(c1ccc(C)c(F)c1F)C(C)S(C)(=O)=O. The first-order valence-corrected chi connectivity index (χ1v) is 8.02. The predicted octanol–water partition coefficient (Wildman–Crippen LogP) is 2.36. The molecule has 1 aromatic rings. The molecular weight excluding hydrogens is 272 g/mol. The van der Waals surface area contributed by atoms with Crippen molar-refractivity contribution in [2.24, 2.45) is 0 Å². The molecule has 0 radical (unpaired) electrons. The zero-order chi connectivity index (χ0) is 14.8.